The largest absolute Gasteiger partial charge is 0.478 e. The van der Waals surface area contributed by atoms with Crippen molar-refractivity contribution >= 4 is 33.7 Å². The first kappa shape index (κ1) is 23.2. The molecule has 0 aliphatic heterocycles. The number of benzene rings is 2. The molecule has 0 saturated heterocycles. The summed E-state index contributed by atoms with van der Waals surface area (Å²) in [6.45, 7) is 0. The van der Waals surface area contributed by atoms with Gasteiger partial charge in [-0.3, -0.25) is 4.98 Å². The highest BCUT2D eigenvalue weighted by atomic mass is 35.5. The van der Waals surface area contributed by atoms with Gasteiger partial charge in [-0.1, -0.05) is 29.8 Å². The molecule has 0 amide bonds. The van der Waals surface area contributed by atoms with Crippen molar-refractivity contribution in [2.45, 2.75) is 36.6 Å². The lowest BCUT2D eigenvalue weighted by molar-refractivity contribution is -0.131. The number of nitrogens with zero attached hydrogens (tertiary/aromatic N) is 1. The van der Waals surface area contributed by atoms with Gasteiger partial charge < -0.3 is 5.11 Å². The van der Waals surface area contributed by atoms with Gasteiger partial charge in [-0.2, -0.15) is 0 Å². The van der Waals surface area contributed by atoms with Crippen molar-refractivity contribution in [2.75, 3.05) is 0 Å². The molecule has 2 N–H and O–H groups in total. The van der Waals surface area contributed by atoms with E-state index in [1.54, 1.807) is 30.6 Å². The van der Waals surface area contributed by atoms with Gasteiger partial charge in [-0.25, -0.2) is 17.9 Å². The highest BCUT2D eigenvalue weighted by Gasteiger charge is 2.26. The second-order valence-electron chi connectivity index (χ2n) is 8.05. The summed E-state index contributed by atoms with van der Waals surface area (Å²) in [7, 11) is -3.68. The molecular formula is C25H23ClN2O4S. The molecule has 3 aromatic rings. The Morgan fingerprint density at radius 1 is 1.18 bits per heavy atom. The minimum Gasteiger partial charge on any atom is -0.478 e. The van der Waals surface area contributed by atoms with Crippen molar-refractivity contribution < 1.29 is 18.3 Å². The van der Waals surface area contributed by atoms with Crippen molar-refractivity contribution in [3.8, 4) is 0 Å². The van der Waals surface area contributed by atoms with Crippen molar-refractivity contribution in [3.05, 3.63) is 99.8 Å². The molecule has 1 aliphatic rings. The zero-order chi connectivity index (χ0) is 23.4. The molecule has 1 unspecified atom stereocenters. The number of fused-ring (bicyclic) bond motifs is 1. The predicted octanol–water partition coefficient (Wildman–Crippen LogP) is 4.26. The SMILES string of the molecule is O=C(O)/C=C/c1cc(Cc2cccnc2)cc2c1CCC(NS(=O)(=O)c1ccc(Cl)cc1)C2. The van der Waals surface area contributed by atoms with Gasteiger partial charge in [0.05, 0.1) is 4.90 Å². The molecule has 6 nitrogen and oxygen atoms in total. The lowest BCUT2D eigenvalue weighted by Gasteiger charge is -2.27. The van der Waals surface area contributed by atoms with Crippen LogP contribution in [0.4, 0.5) is 0 Å². The van der Waals surface area contributed by atoms with Crippen LogP contribution in [0.25, 0.3) is 6.08 Å². The van der Waals surface area contributed by atoms with Gasteiger partial charge in [-0.05, 0) is 89.9 Å². The van der Waals surface area contributed by atoms with Crippen LogP contribution in [-0.2, 0) is 34.1 Å². The van der Waals surface area contributed by atoms with Gasteiger partial charge in [0, 0.05) is 29.5 Å². The van der Waals surface area contributed by atoms with Gasteiger partial charge in [0.15, 0.2) is 0 Å². The molecule has 0 bridgehead atoms. The van der Waals surface area contributed by atoms with Crippen LogP contribution in [0.1, 0.15) is 34.2 Å². The summed E-state index contributed by atoms with van der Waals surface area (Å²) in [5.74, 6) is -1.01. The molecule has 1 aromatic heterocycles. The maximum atomic E-state index is 12.8. The Morgan fingerprint density at radius 3 is 2.67 bits per heavy atom. The number of hydrogen-bond donors (Lipinski definition) is 2. The number of aliphatic carboxylic acids is 1. The third-order valence-electron chi connectivity index (χ3n) is 5.63. The monoisotopic (exact) mass is 482 g/mol. The average molecular weight is 483 g/mol. The van der Waals surface area contributed by atoms with E-state index in [1.165, 1.54) is 12.1 Å². The number of sulfonamides is 1. The fourth-order valence-corrected chi connectivity index (χ4v) is 5.55. The quantitative estimate of drug-likeness (QED) is 0.490. The number of pyridine rings is 1. The number of hydrogen-bond acceptors (Lipinski definition) is 4. The number of nitrogens with one attached hydrogen (secondary N) is 1. The average Bonchev–Trinajstić information content (AvgIpc) is 2.78. The Labute approximate surface area is 198 Å². The maximum Gasteiger partial charge on any atom is 0.328 e. The van der Waals surface area contributed by atoms with Gasteiger partial charge in [0.25, 0.3) is 0 Å². The van der Waals surface area contributed by atoms with E-state index < -0.39 is 16.0 Å². The minimum absolute atomic E-state index is 0.174. The Kier molecular flexibility index (Phi) is 6.93. The number of carboxylic acid groups (broad SMARTS) is 1. The summed E-state index contributed by atoms with van der Waals surface area (Å²) in [6.07, 6.45) is 8.72. The highest BCUT2D eigenvalue weighted by molar-refractivity contribution is 7.89. The Morgan fingerprint density at radius 2 is 1.97 bits per heavy atom. The molecule has 33 heavy (non-hydrogen) atoms. The summed E-state index contributed by atoms with van der Waals surface area (Å²) in [5, 5.41) is 9.57. The standard InChI is InChI=1S/C25H23ClN2O4S/c26-21-4-7-23(8-5-21)33(31,32)28-22-6-9-24-19(3-10-25(29)30)13-18(14-20(24)15-22)12-17-2-1-11-27-16-17/h1-5,7-8,10-11,13-14,16,22,28H,6,9,12,15H2,(H,29,30)/b10-3+. The van der Waals surface area contributed by atoms with Crippen LogP contribution in [0, 0.1) is 0 Å². The topological polar surface area (TPSA) is 96.4 Å². The molecule has 1 aliphatic carbocycles. The van der Waals surface area contributed by atoms with Crippen LogP contribution in [0.15, 0.2) is 71.9 Å². The van der Waals surface area contributed by atoms with Crippen LogP contribution >= 0.6 is 11.6 Å². The normalized spacial score (nSPS) is 16.0. The van der Waals surface area contributed by atoms with Crippen molar-refractivity contribution in [2.24, 2.45) is 0 Å². The first-order valence-corrected chi connectivity index (χ1v) is 12.4. The number of rotatable bonds is 7. The van der Waals surface area contributed by atoms with Gasteiger partial charge >= 0.3 is 5.97 Å². The second-order valence-corrected chi connectivity index (χ2v) is 10.2. The van der Waals surface area contributed by atoms with Crippen molar-refractivity contribution in [3.63, 3.8) is 0 Å². The number of aromatic nitrogens is 1. The van der Waals surface area contributed by atoms with E-state index in [1.807, 2.05) is 18.2 Å². The Hall–Kier alpha value is -3.00. The molecule has 1 heterocycles. The van der Waals surface area contributed by atoms with Crippen LogP contribution < -0.4 is 4.72 Å². The summed E-state index contributed by atoms with van der Waals surface area (Å²) in [4.78, 5) is 15.4. The van der Waals surface area contributed by atoms with Crippen LogP contribution in [0.5, 0.6) is 0 Å². The molecule has 0 radical (unpaired) electrons. The first-order valence-electron chi connectivity index (χ1n) is 10.5. The molecule has 170 valence electrons. The molecule has 0 fully saturated rings. The van der Waals surface area contributed by atoms with E-state index in [-0.39, 0.29) is 10.9 Å². The van der Waals surface area contributed by atoms with Crippen LogP contribution in [0.3, 0.4) is 0 Å². The molecule has 0 saturated carbocycles. The fourth-order valence-electron chi connectivity index (χ4n) is 4.15. The summed E-state index contributed by atoms with van der Waals surface area (Å²) in [6, 6.07) is 13.8. The zero-order valence-electron chi connectivity index (χ0n) is 17.7. The van der Waals surface area contributed by atoms with Crippen LogP contribution in [0.2, 0.25) is 5.02 Å². The van der Waals surface area contributed by atoms with E-state index in [9.17, 15) is 13.2 Å². The van der Waals surface area contributed by atoms with E-state index in [4.69, 9.17) is 16.7 Å². The Balaban J connectivity index is 1.61. The van der Waals surface area contributed by atoms with Gasteiger partial charge in [0.2, 0.25) is 10.0 Å². The fraction of sp³-hybridized carbons (Fsp3) is 0.200. The van der Waals surface area contributed by atoms with Gasteiger partial charge in [-0.15, -0.1) is 0 Å². The summed E-state index contributed by atoms with van der Waals surface area (Å²) in [5.41, 5.74) is 5.00. The molecule has 8 heteroatoms. The van der Waals surface area contributed by atoms with Crippen molar-refractivity contribution in [1.29, 1.82) is 0 Å². The zero-order valence-corrected chi connectivity index (χ0v) is 19.3. The maximum absolute atomic E-state index is 12.8. The number of carboxylic acids is 1. The number of halogens is 1. The lowest BCUT2D eigenvalue weighted by Crippen LogP contribution is -2.39. The van der Waals surface area contributed by atoms with E-state index in [2.05, 4.69) is 15.8 Å². The first-order chi connectivity index (χ1) is 15.8. The molecular weight excluding hydrogens is 460 g/mol. The van der Waals surface area contributed by atoms with E-state index in [0.717, 1.165) is 33.9 Å². The summed E-state index contributed by atoms with van der Waals surface area (Å²) < 4.78 is 28.5. The molecule has 2 aromatic carbocycles. The van der Waals surface area contributed by atoms with E-state index >= 15 is 0 Å². The number of carbonyl (C=O) groups is 1. The van der Waals surface area contributed by atoms with Crippen LogP contribution in [-0.4, -0.2) is 30.5 Å². The third-order valence-corrected chi connectivity index (χ3v) is 7.42. The minimum atomic E-state index is -3.68. The molecule has 1 atom stereocenters. The smallest absolute Gasteiger partial charge is 0.328 e. The summed E-state index contributed by atoms with van der Waals surface area (Å²) >= 11 is 5.88. The lowest BCUT2D eigenvalue weighted by atomic mass is 9.83. The second kappa shape index (κ2) is 9.87. The Bertz CT molecular complexity index is 1290. The third kappa shape index (κ3) is 5.87. The molecule has 0 spiro atoms. The van der Waals surface area contributed by atoms with E-state index in [0.29, 0.717) is 30.7 Å². The highest BCUT2D eigenvalue weighted by Crippen LogP contribution is 2.29. The predicted molar refractivity (Wildman–Crippen MR) is 128 cm³/mol. The molecule has 4 rings (SSSR count). The van der Waals surface area contributed by atoms with Crippen molar-refractivity contribution in [1.82, 2.24) is 9.71 Å². The van der Waals surface area contributed by atoms with Gasteiger partial charge in [0.1, 0.15) is 0 Å².